The van der Waals surface area contributed by atoms with Gasteiger partial charge >= 0.3 is 0 Å². The van der Waals surface area contributed by atoms with Crippen LogP contribution in [0.25, 0.3) is 0 Å². The number of hydrogen-bond donors (Lipinski definition) is 1. The fraction of sp³-hybridized carbons (Fsp3) is 0.455. The second-order valence-corrected chi connectivity index (χ2v) is 5.86. The van der Waals surface area contributed by atoms with Crippen LogP contribution in [0.5, 0.6) is 0 Å². The number of benzene rings is 1. The van der Waals surface area contributed by atoms with Crippen LogP contribution in [-0.4, -0.2) is 39.5 Å². The van der Waals surface area contributed by atoms with Gasteiger partial charge in [0.15, 0.2) is 0 Å². The van der Waals surface area contributed by atoms with E-state index in [2.05, 4.69) is 0 Å². The smallest absolute Gasteiger partial charge is 0.238 e. The molecule has 1 aliphatic heterocycles. The van der Waals surface area contributed by atoms with E-state index in [4.69, 9.17) is 4.74 Å². The Balaban J connectivity index is 2.44. The molecule has 0 unspecified atom stereocenters. The molecule has 1 aromatic carbocycles. The van der Waals surface area contributed by atoms with Crippen molar-refractivity contribution in [3.05, 3.63) is 29.8 Å². The molecule has 0 aliphatic carbocycles. The van der Waals surface area contributed by atoms with Crippen LogP contribution in [0.2, 0.25) is 0 Å². The molecule has 0 spiro atoms. The lowest BCUT2D eigenvalue weighted by atomic mass is 10.1. The van der Waals surface area contributed by atoms with Crippen LogP contribution in [0.15, 0.2) is 24.3 Å². The second kappa shape index (κ2) is 4.64. The first-order valence-electron chi connectivity index (χ1n) is 5.32. The molecule has 2 rings (SSSR count). The fourth-order valence-corrected chi connectivity index (χ4v) is 3.54. The van der Waals surface area contributed by atoms with E-state index in [0.29, 0.717) is 17.9 Å². The summed E-state index contributed by atoms with van der Waals surface area (Å²) < 4.78 is 30.2. The monoisotopic (exact) mass is 257 g/mol. The molecule has 1 aromatic rings. The molecule has 0 fully saturated rings. The molecule has 0 bridgehead atoms. The minimum atomic E-state index is -3.46. The van der Waals surface area contributed by atoms with Crippen molar-refractivity contribution in [3.8, 4) is 0 Å². The van der Waals surface area contributed by atoms with Crippen molar-refractivity contribution in [2.45, 2.75) is 6.10 Å². The second-order valence-electron chi connectivity index (χ2n) is 3.92. The van der Waals surface area contributed by atoms with Crippen molar-refractivity contribution >= 4 is 15.7 Å². The highest BCUT2D eigenvalue weighted by Crippen LogP contribution is 2.34. The van der Waals surface area contributed by atoms with Crippen LogP contribution in [0.4, 0.5) is 5.69 Å². The molecule has 17 heavy (non-hydrogen) atoms. The Kier molecular flexibility index (Phi) is 3.37. The Morgan fingerprint density at radius 2 is 2.18 bits per heavy atom. The Morgan fingerprint density at radius 3 is 2.88 bits per heavy atom. The van der Waals surface area contributed by atoms with E-state index in [0.717, 1.165) is 0 Å². The van der Waals surface area contributed by atoms with Crippen LogP contribution in [-0.2, 0) is 14.8 Å². The van der Waals surface area contributed by atoms with Crippen molar-refractivity contribution in [1.82, 2.24) is 0 Å². The van der Waals surface area contributed by atoms with Gasteiger partial charge < -0.3 is 9.84 Å². The van der Waals surface area contributed by atoms with Gasteiger partial charge in [-0.2, -0.15) is 0 Å². The summed E-state index contributed by atoms with van der Waals surface area (Å²) in [6, 6.07) is 6.99. The van der Waals surface area contributed by atoms with Gasteiger partial charge in [-0.25, -0.2) is 8.42 Å². The molecule has 0 aromatic heterocycles. The first kappa shape index (κ1) is 12.3. The summed E-state index contributed by atoms with van der Waals surface area (Å²) in [4.78, 5) is 0. The van der Waals surface area contributed by atoms with Crippen molar-refractivity contribution < 1.29 is 18.3 Å². The number of fused-ring (bicyclic) bond motifs is 1. The molecule has 0 radical (unpaired) electrons. The number of aliphatic hydroxyl groups excluding tert-OH is 1. The molecule has 1 N–H and O–H groups in total. The number of sulfonamides is 1. The predicted molar refractivity (Wildman–Crippen MR) is 64.4 cm³/mol. The molecule has 5 nitrogen and oxygen atoms in total. The summed E-state index contributed by atoms with van der Waals surface area (Å²) in [5.41, 5.74) is 1.20. The molecule has 94 valence electrons. The number of hydrogen-bond acceptors (Lipinski definition) is 4. The normalized spacial score (nSPS) is 22.2. The largest absolute Gasteiger partial charge is 0.387 e. The van der Waals surface area contributed by atoms with E-state index in [9.17, 15) is 13.5 Å². The van der Waals surface area contributed by atoms with Crippen LogP contribution < -0.4 is 4.31 Å². The minimum Gasteiger partial charge on any atom is -0.387 e. The van der Waals surface area contributed by atoms with Gasteiger partial charge in [0.2, 0.25) is 10.0 Å². The Bertz CT molecular complexity index is 500. The summed E-state index contributed by atoms with van der Waals surface area (Å²) in [6.07, 6.45) is -0.949. The molecule has 1 heterocycles. The minimum absolute atomic E-state index is 0.266. The van der Waals surface area contributed by atoms with Gasteiger partial charge in [0, 0.05) is 12.7 Å². The molecule has 0 amide bonds. The maximum absolute atomic E-state index is 12.0. The van der Waals surface area contributed by atoms with E-state index in [1.165, 1.54) is 11.4 Å². The van der Waals surface area contributed by atoms with E-state index < -0.39 is 16.1 Å². The van der Waals surface area contributed by atoms with E-state index in [1.807, 2.05) is 0 Å². The Labute approximate surface area is 101 Å². The number of methoxy groups -OCH3 is 1. The predicted octanol–water partition coefficient (Wildman–Crippen LogP) is 0.516. The summed E-state index contributed by atoms with van der Waals surface area (Å²) in [5, 5.41) is 9.80. The standard InChI is InChI=1S/C11H15NO4S/c1-16-7-6-12-10-5-3-2-4-9(10)11(13)8-17(12,14)15/h2-5,11,13H,6-8H2,1H3/t11-/m0/s1. The van der Waals surface area contributed by atoms with Gasteiger partial charge in [0.1, 0.15) is 0 Å². The van der Waals surface area contributed by atoms with Gasteiger partial charge in [-0.3, -0.25) is 4.31 Å². The maximum atomic E-state index is 12.0. The van der Waals surface area contributed by atoms with E-state index >= 15 is 0 Å². The first-order chi connectivity index (χ1) is 8.06. The molecule has 6 heteroatoms. The lowest BCUT2D eigenvalue weighted by molar-refractivity contribution is 0.196. The third kappa shape index (κ3) is 2.29. The number of rotatable bonds is 3. The Hall–Kier alpha value is -1.11. The van der Waals surface area contributed by atoms with Crippen LogP contribution >= 0.6 is 0 Å². The molecular formula is C11H15NO4S. The highest BCUT2D eigenvalue weighted by atomic mass is 32.2. The van der Waals surface area contributed by atoms with Gasteiger partial charge in [-0.05, 0) is 6.07 Å². The van der Waals surface area contributed by atoms with Crippen LogP contribution in [0.3, 0.4) is 0 Å². The quantitative estimate of drug-likeness (QED) is 0.857. The van der Waals surface area contributed by atoms with Crippen molar-refractivity contribution in [2.75, 3.05) is 30.3 Å². The lowest BCUT2D eigenvalue weighted by Gasteiger charge is -2.32. The summed E-state index contributed by atoms with van der Waals surface area (Å²) >= 11 is 0. The zero-order valence-electron chi connectivity index (χ0n) is 9.54. The average Bonchev–Trinajstić information content (AvgIpc) is 2.28. The molecule has 0 saturated carbocycles. The number of ether oxygens (including phenoxy) is 1. The van der Waals surface area contributed by atoms with Crippen LogP contribution in [0, 0.1) is 0 Å². The van der Waals surface area contributed by atoms with E-state index in [1.54, 1.807) is 24.3 Å². The van der Waals surface area contributed by atoms with Gasteiger partial charge in [-0.1, -0.05) is 18.2 Å². The first-order valence-corrected chi connectivity index (χ1v) is 6.93. The molecule has 1 aliphatic rings. The number of aliphatic hydroxyl groups is 1. The number of nitrogens with zero attached hydrogens (tertiary/aromatic N) is 1. The van der Waals surface area contributed by atoms with Crippen molar-refractivity contribution in [1.29, 1.82) is 0 Å². The van der Waals surface area contributed by atoms with Crippen LogP contribution in [0.1, 0.15) is 11.7 Å². The number of para-hydroxylation sites is 1. The van der Waals surface area contributed by atoms with E-state index in [-0.39, 0.29) is 12.3 Å². The topological polar surface area (TPSA) is 66.8 Å². The molecular weight excluding hydrogens is 242 g/mol. The zero-order chi connectivity index (χ0) is 12.5. The van der Waals surface area contributed by atoms with Crippen molar-refractivity contribution in [3.63, 3.8) is 0 Å². The summed E-state index contributed by atoms with van der Waals surface area (Å²) in [7, 11) is -1.93. The molecule has 0 saturated heterocycles. The average molecular weight is 257 g/mol. The molecule has 1 atom stereocenters. The SMILES string of the molecule is COCCN1c2ccccc2[C@@H](O)CS1(=O)=O. The highest BCUT2D eigenvalue weighted by molar-refractivity contribution is 7.92. The van der Waals surface area contributed by atoms with Gasteiger partial charge in [0.25, 0.3) is 0 Å². The fourth-order valence-electron chi connectivity index (χ4n) is 1.96. The van der Waals surface area contributed by atoms with Crippen molar-refractivity contribution in [2.24, 2.45) is 0 Å². The number of anilines is 1. The zero-order valence-corrected chi connectivity index (χ0v) is 10.4. The Morgan fingerprint density at radius 1 is 1.47 bits per heavy atom. The highest BCUT2D eigenvalue weighted by Gasteiger charge is 2.34. The maximum Gasteiger partial charge on any atom is 0.238 e. The van der Waals surface area contributed by atoms with Gasteiger partial charge in [-0.15, -0.1) is 0 Å². The summed E-state index contributed by atoms with van der Waals surface area (Å²) in [5.74, 6) is -0.270. The van der Waals surface area contributed by atoms with Gasteiger partial charge in [0.05, 0.1) is 30.7 Å². The summed E-state index contributed by atoms with van der Waals surface area (Å²) in [6.45, 7) is 0.590. The third-order valence-electron chi connectivity index (χ3n) is 2.77. The lowest BCUT2D eigenvalue weighted by Crippen LogP contribution is -2.41. The third-order valence-corrected chi connectivity index (χ3v) is 4.56.